The van der Waals surface area contributed by atoms with Crippen molar-refractivity contribution < 1.29 is 4.74 Å². The van der Waals surface area contributed by atoms with Crippen LogP contribution in [0.5, 0.6) is 5.75 Å². The Morgan fingerprint density at radius 2 is 1.64 bits per heavy atom. The first-order chi connectivity index (χ1) is 12.2. The monoisotopic (exact) mass is 338 g/mol. The zero-order valence-electron chi connectivity index (χ0n) is 15.2. The summed E-state index contributed by atoms with van der Waals surface area (Å²) in [6.45, 7) is 3.70. The number of piperazine rings is 1. The van der Waals surface area contributed by atoms with E-state index in [9.17, 15) is 0 Å². The Labute approximate surface area is 150 Å². The Kier molecular flexibility index (Phi) is 5.43. The summed E-state index contributed by atoms with van der Waals surface area (Å²) in [7, 11) is 5.82. The second-order valence-electron chi connectivity index (χ2n) is 6.34. The molecule has 1 heterocycles. The molecule has 5 heteroatoms. The van der Waals surface area contributed by atoms with Crippen molar-refractivity contribution in [1.82, 2.24) is 5.01 Å². The number of hydrazone groups is 1. The molecular weight excluding hydrogens is 312 g/mol. The Morgan fingerprint density at radius 1 is 0.960 bits per heavy atom. The molecule has 0 spiro atoms. The third-order valence-corrected chi connectivity index (χ3v) is 4.46. The quantitative estimate of drug-likeness (QED) is 0.785. The molecule has 0 aliphatic carbocycles. The van der Waals surface area contributed by atoms with E-state index in [4.69, 9.17) is 4.74 Å². The summed E-state index contributed by atoms with van der Waals surface area (Å²) in [5.74, 6) is 0.931. The van der Waals surface area contributed by atoms with E-state index in [1.54, 1.807) is 7.11 Å². The topological polar surface area (TPSA) is 31.3 Å². The lowest BCUT2D eigenvalue weighted by molar-refractivity contribution is 0.271. The SMILES string of the molecule is COc1ccccc1N1CCN(/N=C/c2ccc(N(C)C)cc2)CC1. The number of benzene rings is 2. The molecule has 25 heavy (non-hydrogen) atoms. The first kappa shape index (κ1) is 17.1. The largest absolute Gasteiger partial charge is 0.495 e. The fourth-order valence-electron chi connectivity index (χ4n) is 2.95. The van der Waals surface area contributed by atoms with Crippen molar-refractivity contribution in [3.05, 3.63) is 54.1 Å². The van der Waals surface area contributed by atoms with Crippen LogP contribution in [0.1, 0.15) is 5.56 Å². The molecule has 5 nitrogen and oxygen atoms in total. The average Bonchev–Trinajstić information content (AvgIpc) is 2.67. The van der Waals surface area contributed by atoms with Crippen molar-refractivity contribution in [3.63, 3.8) is 0 Å². The highest BCUT2D eigenvalue weighted by Gasteiger charge is 2.18. The van der Waals surface area contributed by atoms with Crippen LogP contribution >= 0.6 is 0 Å². The minimum atomic E-state index is 0.907. The summed E-state index contributed by atoms with van der Waals surface area (Å²) in [4.78, 5) is 4.45. The molecule has 0 aromatic heterocycles. The molecule has 1 aliphatic heterocycles. The highest BCUT2D eigenvalue weighted by Crippen LogP contribution is 2.28. The van der Waals surface area contributed by atoms with E-state index in [0.29, 0.717) is 0 Å². The molecule has 0 saturated carbocycles. The third-order valence-electron chi connectivity index (χ3n) is 4.46. The minimum absolute atomic E-state index is 0.907. The fraction of sp³-hybridized carbons (Fsp3) is 0.350. The second-order valence-corrected chi connectivity index (χ2v) is 6.34. The van der Waals surface area contributed by atoms with Gasteiger partial charge in [-0.05, 0) is 29.8 Å². The van der Waals surface area contributed by atoms with Gasteiger partial charge < -0.3 is 14.5 Å². The lowest BCUT2D eigenvalue weighted by Gasteiger charge is -2.35. The molecule has 0 N–H and O–H groups in total. The van der Waals surface area contributed by atoms with Gasteiger partial charge in [-0.1, -0.05) is 24.3 Å². The second kappa shape index (κ2) is 7.92. The molecule has 2 aromatic rings. The van der Waals surface area contributed by atoms with Crippen LogP contribution in [0, 0.1) is 0 Å². The zero-order valence-corrected chi connectivity index (χ0v) is 15.2. The molecule has 0 amide bonds. The van der Waals surface area contributed by atoms with Crippen LogP contribution in [-0.2, 0) is 0 Å². The molecule has 2 aromatic carbocycles. The van der Waals surface area contributed by atoms with E-state index in [1.165, 1.54) is 5.69 Å². The van der Waals surface area contributed by atoms with Gasteiger partial charge >= 0.3 is 0 Å². The van der Waals surface area contributed by atoms with E-state index in [1.807, 2.05) is 32.4 Å². The Hall–Kier alpha value is -2.69. The van der Waals surface area contributed by atoms with Crippen molar-refractivity contribution in [2.24, 2.45) is 5.10 Å². The summed E-state index contributed by atoms with van der Waals surface area (Å²) in [6.07, 6.45) is 1.94. The van der Waals surface area contributed by atoms with Gasteiger partial charge in [0.2, 0.25) is 0 Å². The highest BCUT2D eigenvalue weighted by molar-refractivity contribution is 5.80. The van der Waals surface area contributed by atoms with E-state index >= 15 is 0 Å². The predicted octanol–water partition coefficient (Wildman–Crippen LogP) is 2.92. The van der Waals surface area contributed by atoms with Crippen LogP contribution in [0.3, 0.4) is 0 Å². The van der Waals surface area contributed by atoms with Gasteiger partial charge in [0.1, 0.15) is 5.75 Å². The van der Waals surface area contributed by atoms with Gasteiger partial charge in [-0.25, -0.2) is 0 Å². The third kappa shape index (κ3) is 4.24. The molecule has 0 bridgehead atoms. The molecule has 1 aliphatic rings. The number of rotatable bonds is 5. The normalized spacial score (nSPS) is 14.8. The Balaban J connectivity index is 1.57. The number of hydrogen-bond acceptors (Lipinski definition) is 5. The lowest BCUT2D eigenvalue weighted by atomic mass is 10.2. The van der Waals surface area contributed by atoms with Gasteiger partial charge in [0.05, 0.1) is 32.1 Å². The Morgan fingerprint density at radius 3 is 2.28 bits per heavy atom. The number of para-hydroxylation sites is 2. The molecule has 0 radical (unpaired) electrons. The van der Waals surface area contributed by atoms with Crippen LogP contribution in [0.2, 0.25) is 0 Å². The van der Waals surface area contributed by atoms with Gasteiger partial charge in [0.25, 0.3) is 0 Å². The number of methoxy groups -OCH3 is 1. The van der Waals surface area contributed by atoms with Gasteiger partial charge in [-0.15, -0.1) is 0 Å². The first-order valence-electron chi connectivity index (χ1n) is 8.61. The van der Waals surface area contributed by atoms with Crippen LogP contribution < -0.4 is 14.5 Å². The number of anilines is 2. The summed E-state index contributed by atoms with van der Waals surface area (Å²) < 4.78 is 5.47. The van der Waals surface area contributed by atoms with Crippen molar-refractivity contribution in [2.45, 2.75) is 0 Å². The van der Waals surface area contributed by atoms with Gasteiger partial charge in [0.15, 0.2) is 0 Å². The number of nitrogens with zero attached hydrogens (tertiary/aromatic N) is 4. The van der Waals surface area contributed by atoms with Crippen molar-refractivity contribution >= 4 is 17.6 Å². The van der Waals surface area contributed by atoms with Crippen molar-refractivity contribution in [3.8, 4) is 5.75 Å². The molecule has 1 saturated heterocycles. The van der Waals surface area contributed by atoms with Crippen LogP contribution in [0.25, 0.3) is 0 Å². The first-order valence-corrected chi connectivity index (χ1v) is 8.61. The van der Waals surface area contributed by atoms with E-state index in [2.05, 4.69) is 56.3 Å². The standard InChI is InChI=1S/C20H26N4O/c1-22(2)18-10-8-17(9-11-18)16-21-24-14-12-23(13-15-24)19-6-4-5-7-20(19)25-3/h4-11,16H,12-15H2,1-3H3/b21-16+. The van der Waals surface area contributed by atoms with E-state index in [-0.39, 0.29) is 0 Å². The van der Waals surface area contributed by atoms with Crippen molar-refractivity contribution in [1.29, 1.82) is 0 Å². The molecular formula is C20H26N4O. The molecule has 0 atom stereocenters. The highest BCUT2D eigenvalue weighted by atomic mass is 16.5. The average molecular weight is 338 g/mol. The molecule has 3 rings (SSSR count). The van der Waals surface area contributed by atoms with Gasteiger partial charge in [-0.3, -0.25) is 5.01 Å². The fourth-order valence-corrected chi connectivity index (χ4v) is 2.95. The summed E-state index contributed by atoms with van der Waals surface area (Å²) in [5.41, 5.74) is 3.48. The van der Waals surface area contributed by atoms with E-state index < -0.39 is 0 Å². The smallest absolute Gasteiger partial charge is 0.142 e. The van der Waals surface area contributed by atoms with Crippen molar-refractivity contribution in [2.75, 3.05) is 57.2 Å². The molecule has 1 fully saturated rings. The van der Waals surface area contributed by atoms with Crippen LogP contribution in [0.4, 0.5) is 11.4 Å². The molecule has 0 unspecified atom stereocenters. The maximum absolute atomic E-state index is 5.47. The zero-order chi connectivity index (χ0) is 17.6. The maximum Gasteiger partial charge on any atom is 0.142 e. The van der Waals surface area contributed by atoms with Gasteiger partial charge in [0, 0.05) is 32.9 Å². The predicted molar refractivity (Wildman–Crippen MR) is 105 cm³/mol. The number of hydrogen-bond donors (Lipinski definition) is 0. The summed E-state index contributed by atoms with van der Waals surface area (Å²) >= 11 is 0. The van der Waals surface area contributed by atoms with E-state index in [0.717, 1.165) is 43.2 Å². The summed E-state index contributed by atoms with van der Waals surface area (Å²) in [5, 5.41) is 6.77. The van der Waals surface area contributed by atoms with Gasteiger partial charge in [-0.2, -0.15) is 5.10 Å². The molecule has 132 valence electrons. The lowest BCUT2D eigenvalue weighted by Crippen LogP contribution is -2.44. The summed E-state index contributed by atoms with van der Waals surface area (Å²) in [6, 6.07) is 16.6. The minimum Gasteiger partial charge on any atom is -0.495 e. The number of ether oxygens (including phenoxy) is 1. The van der Waals surface area contributed by atoms with Crippen LogP contribution in [0.15, 0.2) is 53.6 Å². The maximum atomic E-state index is 5.47. The Bertz CT molecular complexity index is 704. The van der Waals surface area contributed by atoms with Crippen LogP contribution in [-0.4, -0.2) is 58.6 Å².